The van der Waals surface area contributed by atoms with Gasteiger partial charge in [-0.1, -0.05) is 38.5 Å². The van der Waals surface area contributed by atoms with E-state index < -0.39 is 16.1 Å². The summed E-state index contributed by atoms with van der Waals surface area (Å²) in [5.74, 6) is 0.207. The zero-order valence-electron chi connectivity index (χ0n) is 23.3. The van der Waals surface area contributed by atoms with Crippen LogP contribution in [0.2, 0.25) is 0 Å². The Morgan fingerprint density at radius 3 is 2.49 bits per heavy atom. The molecule has 2 N–H and O–H groups in total. The first kappa shape index (κ1) is 26.2. The highest BCUT2D eigenvalue weighted by Crippen LogP contribution is 2.68. The zero-order chi connectivity index (χ0) is 26.3. The second-order valence-corrected chi connectivity index (χ2v) is 15.3. The molecule has 4 fully saturated rings. The minimum Gasteiger partial charge on any atom is -0.393 e. The molecule has 1 saturated heterocycles. The summed E-state index contributed by atoms with van der Waals surface area (Å²) in [4.78, 5) is 3.35. The standard InChI is InChI=1S/C31H45NO4S/c1-27(2)19-35-30(36-20-27)15-16-31(37-22-8-6-7-21(17-22)32(4)5)25-12-13-28(3)24(9-10-26(28)33)23(25)11-14-29(31,34)18-30/h6-8,12,17,23-24,26,33-34H,9-11,13-16,18-20H2,1-5H3/t23-,24-,26-,28-,29+,31-/m0/s1. The summed E-state index contributed by atoms with van der Waals surface area (Å²) in [6.45, 7) is 7.99. The normalized spacial score (nSPS) is 41.9. The highest BCUT2D eigenvalue weighted by atomic mass is 32.2. The lowest BCUT2D eigenvalue weighted by Gasteiger charge is -2.63. The fourth-order valence-corrected chi connectivity index (χ4v) is 9.95. The van der Waals surface area contributed by atoms with Gasteiger partial charge in [-0.2, -0.15) is 0 Å². The average Bonchev–Trinajstić information content (AvgIpc) is 3.16. The summed E-state index contributed by atoms with van der Waals surface area (Å²) in [7, 11) is 4.16. The third-order valence-electron chi connectivity index (χ3n) is 10.6. The molecule has 0 aromatic heterocycles. The first-order chi connectivity index (χ1) is 17.4. The number of nitrogens with zero attached hydrogens (tertiary/aromatic N) is 1. The van der Waals surface area contributed by atoms with Crippen molar-refractivity contribution in [1.29, 1.82) is 0 Å². The molecular formula is C31H45NO4S. The number of aliphatic hydroxyl groups is 2. The number of fused-ring (bicyclic) bond motifs is 5. The zero-order valence-corrected chi connectivity index (χ0v) is 24.1. The van der Waals surface area contributed by atoms with Crippen LogP contribution in [0.4, 0.5) is 5.69 Å². The number of benzene rings is 1. The molecule has 204 valence electrons. The Balaban J connectivity index is 1.41. The highest BCUT2D eigenvalue weighted by molar-refractivity contribution is 8.01. The molecule has 6 heteroatoms. The molecule has 0 unspecified atom stereocenters. The van der Waals surface area contributed by atoms with E-state index in [4.69, 9.17) is 9.47 Å². The Hall–Kier alpha value is -1.05. The molecule has 6 rings (SSSR count). The predicted octanol–water partition coefficient (Wildman–Crippen LogP) is 5.79. The Morgan fingerprint density at radius 1 is 1.00 bits per heavy atom. The number of hydrogen-bond donors (Lipinski definition) is 2. The van der Waals surface area contributed by atoms with Crippen molar-refractivity contribution in [1.82, 2.24) is 0 Å². The second kappa shape index (κ2) is 8.72. The van der Waals surface area contributed by atoms with Crippen LogP contribution in [-0.4, -0.2) is 59.8 Å². The lowest BCUT2D eigenvalue weighted by molar-refractivity contribution is -0.331. The van der Waals surface area contributed by atoms with Gasteiger partial charge in [-0.05, 0) is 68.6 Å². The van der Waals surface area contributed by atoms with Crippen LogP contribution < -0.4 is 4.90 Å². The van der Waals surface area contributed by atoms with Crippen LogP contribution >= 0.6 is 11.8 Å². The number of rotatable bonds is 3. The van der Waals surface area contributed by atoms with E-state index in [1.807, 2.05) is 11.8 Å². The minimum atomic E-state index is -0.918. The van der Waals surface area contributed by atoms with Crippen LogP contribution in [0.1, 0.15) is 72.1 Å². The van der Waals surface area contributed by atoms with Crippen molar-refractivity contribution >= 4 is 17.4 Å². The lowest BCUT2D eigenvalue weighted by atomic mass is 9.52. The summed E-state index contributed by atoms with van der Waals surface area (Å²) >= 11 is 1.87. The van der Waals surface area contributed by atoms with E-state index in [1.54, 1.807) is 0 Å². The van der Waals surface area contributed by atoms with Gasteiger partial charge in [-0.3, -0.25) is 0 Å². The van der Waals surface area contributed by atoms with Gasteiger partial charge in [0, 0.05) is 48.3 Å². The van der Waals surface area contributed by atoms with Crippen LogP contribution in [0.5, 0.6) is 0 Å². The maximum absolute atomic E-state index is 12.7. The first-order valence-corrected chi connectivity index (χ1v) is 15.1. The largest absolute Gasteiger partial charge is 0.393 e. The van der Waals surface area contributed by atoms with Crippen LogP contribution in [0.3, 0.4) is 0 Å². The van der Waals surface area contributed by atoms with E-state index >= 15 is 0 Å². The summed E-state index contributed by atoms with van der Waals surface area (Å²) in [5.41, 5.74) is 1.65. The smallest absolute Gasteiger partial charge is 0.171 e. The predicted molar refractivity (Wildman–Crippen MR) is 149 cm³/mol. The molecule has 6 atom stereocenters. The van der Waals surface area contributed by atoms with Gasteiger partial charge in [-0.25, -0.2) is 0 Å². The van der Waals surface area contributed by atoms with Crippen molar-refractivity contribution in [3.8, 4) is 0 Å². The van der Waals surface area contributed by atoms with Crippen molar-refractivity contribution in [3.63, 3.8) is 0 Å². The fraction of sp³-hybridized carbons (Fsp3) is 0.742. The van der Waals surface area contributed by atoms with Crippen LogP contribution in [0, 0.1) is 22.7 Å². The van der Waals surface area contributed by atoms with Crippen molar-refractivity contribution < 1.29 is 19.7 Å². The van der Waals surface area contributed by atoms with E-state index in [-0.39, 0.29) is 16.9 Å². The van der Waals surface area contributed by atoms with Gasteiger partial charge in [0.1, 0.15) is 0 Å². The Labute approximate surface area is 227 Å². The van der Waals surface area contributed by atoms with E-state index in [2.05, 4.69) is 70.1 Å². The highest BCUT2D eigenvalue weighted by Gasteiger charge is 2.67. The van der Waals surface area contributed by atoms with Crippen molar-refractivity contribution in [3.05, 3.63) is 35.9 Å². The molecule has 4 aliphatic carbocycles. The molecule has 1 spiro atoms. The summed E-state index contributed by atoms with van der Waals surface area (Å²) in [6.07, 6.45) is 8.94. The van der Waals surface area contributed by atoms with Crippen molar-refractivity contribution in [2.75, 3.05) is 32.2 Å². The van der Waals surface area contributed by atoms with Crippen LogP contribution in [-0.2, 0) is 9.47 Å². The van der Waals surface area contributed by atoms with Gasteiger partial charge < -0.3 is 24.6 Å². The first-order valence-electron chi connectivity index (χ1n) is 14.3. The van der Waals surface area contributed by atoms with E-state index in [9.17, 15) is 10.2 Å². The number of aliphatic hydroxyl groups excluding tert-OH is 1. The third-order valence-corrected chi connectivity index (χ3v) is 12.2. The lowest BCUT2D eigenvalue weighted by Crippen LogP contribution is -2.67. The topological polar surface area (TPSA) is 62.2 Å². The quantitative estimate of drug-likeness (QED) is 0.486. The molecule has 5 nitrogen and oxygen atoms in total. The monoisotopic (exact) mass is 527 g/mol. The number of hydrogen-bond acceptors (Lipinski definition) is 6. The summed E-state index contributed by atoms with van der Waals surface area (Å²) in [6, 6.07) is 8.73. The SMILES string of the molecule is CN(C)c1cccc(S[C@]23CCC4(C[C@]2(O)CC[C@@H]2C3=CC[C@]3(C)[C@@H](O)CC[C@@H]23)OCC(C)(C)CO4)c1. The molecule has 1 aliphatic heterocycles. The molecule has 0 bridgehead atoms. The second-order valence-electron chi connectivity index (χ2n) is 13.9. The fourth-order valence-electron chi connectivity index (χ4n) is 8.30. The molecular weight excluding hydrogens is 482 g/mol. The summed E-state index contributed by atoms with van der Waals surface area (Å²) < 4.78 is 12.5. The maximum Gasteiger partial charge on any atom is 0.171 e. The van der Waals surface area contributed by atoms with Crippen molar-refractivity contribution in [2.45, 2.75) is 99.3 Å². The van der Waals surface area contributed by atoms with Gasteiger partial charge in [0.2, 0.25) is 0 Å². The van der Waals surface area contributed by atoms with Gasteiger partial charge in [0.15, 0.2) is 5.79 Å². The molecule has 1 heterocycles. The van der Waals surface area contributed by atoms with Crippen LogP contribution in [0.15, 0.2) is 40.8 Å². The average molecular weight is 528 g/mol. The van der Waals surface area contributed by atoms with Gasteiger partial charge in [0.05, 0.1) is 29.7 Å². The van der Waals surface area contributed by atoms with E-state index in [1.165, 1.54) is 16.2 Å². The molecule has 5 aliphatic rings. The number of allylic oxidation sites excluding steroid dienone is 1. The van der Waals surface area contributed by atoms with Gasteiger partial charge >= 0.3 is 0 Å². The van der Waals surface area contributed by atoms with E-state index in [0.29, 0.717) is 31.5 Å². The van der Waals surface area contributed by atoms with Gasteiger partial charge in [0.25, 0.3) is 0 Å². The molecule has 37 heavy (non-hydrogen) atoms. The number of ether oxygens (including phenoxy) is 2. The molecule has 1 aromatic rings. The maximum atomic E-state index is 12.7. The molecule has 1 aromatic carbocycles. The Kier molecular flexibility index (Phi) is 6.17. The Bertz CT molecular complexity index is 1080. The molecule has 0 amide bonds. The van der Waals surface area contributed by atoms with E-state index in [0.717, 1.165) is 44.9 Å². The van der Waals surface area contributed by atoms with Crippen molar-refractivity contribution in [2.24, 2.45) is 22.7 Å². The summed E-state index contributed by atoms with van der Waals surface area (Å²) in [5, 5.41) is 23.7. The third kappa shape index (κ3) is 4.04. The van der Waals surface area contributed by atoms with Crippen LogP contribution in [0.25, 0.3) is 0 Å². The number of anilines is 1. The van der Waals surface area contributed by atoms with Gasteiger partial charge in [-0.15, -0.1) is 11.8 Å². The minimum absolute atomic E-state index is 0.00109. The Morgan fingerprint density at radius 2 is 1.76 bits per heavy atom. The molecule has 0 radical (unpaired) electrons. The number of thioether (sulfide) groups is 1. The molecule has 3 saturated carbocycles.